The van der Waals surface area contributed by atoms with Gasteiger partial charge >= 0.3 is 0 Å². The van der Waals surface area contributed by atoms with Crippen LogP contribution in [0, 0.1) is 6.92 Å². The number of nitrogens with zero attached hydrogens (tertiary/aromatic N) is 4. The van der Waals surface area contributed by atoms with Crippen molar-refractivity contribution in [3.63, 3.8) is 0 Å². The fraction of sp³-hybridized carbons (Fsp3) is 0.550. The minimum atomic E-state index is 0.274. The van der Waals surface area contributed by atoms with Crippen LogP contribution >= 0.6 is 0 Å². The van der Waals surface area contributed by atoms with Crippen LogP contribution < -0.4 is 0 Å². The first-order chi connectivity index (χ1) is 12.1. The number of hydrogen-bond acceptors (Lipinski definition) is 5. The van der Waals surface area contributed by atoms with Gasteiger partial charge < -0.3 is 4.74 Å². The van der Waals surface area contributed by atoms with Crippen LogP contribution in [-0.2, 0) is 24.1 Å². The van der Waals surface area contributed by atoms with Crippen LogP contribution in [0.3, 0.4) is 0 Å². The second-order valence-electron chi connectivity index (χ2n) is 6.99. The average molecular weight is 340 g/mol. The van der Waals surface area contributed by atoms with Gasteiger partial charge in [0.15, 0.2) is 0 Å². The van der Waals surface area contributed by atoms with Crippen LogP contribution in [0.4, 0.5) is 0 Å². The molecule has 0 bridgehead atoms. The summed E-state index contributed by atoms with van der Waals surface area (Å²) in [6.45, 7) is 5.99. The van der Waals surface area contributed by atoms with E-state index in [-0.39, 0.29) is 6.10 Å². The number of ether oxygens (including phenoxy) is 1. The maximum absolute atomic E-state index is 6.27. The Morgan fingerprint density at radius 3 is 2.84 bits per heavy atom. The van der Waals surface area contributed by atoms with Crippen molar-refractivity contribution in [3.8, 4) is 0 Å². The Labute approximate surface area is 150 Å². The molecule has 1 fully saturated rings. The maximum Gasteiger partial charge on any atom is 0.128 e. The quantitative estimate of drug-likeness (QED) is 0.775. The van der Waals surface area contributed by atoms with Crippen LogP contribution in [0.2, 0.25) is 0 Å². The monoisotopic (exact) mass is 340 g/mol. The number of hydrogen-bond donors (Lipinski definition) is 0. The first-order valence-electron chi connectivity index (χ1n) is 9.18. The van der Waals surface area contributed by atoms with Gasteiger partial charge in [-0.05, 0) is 44.5 Å². The minimum Gasteiger partial charge on any atom is -0.373 e. The maximum atomic E-state index is 6.27. The van der Waals surface area contributed by atoms with Gasteiger partial charge in [-0.3, -0.25) is 9.88 Å². The normalized spacial score (nSPS) is 20.3. The number of likely N-dealkylation sites (N-methyl/N-ethyl adjacent to an activating group) is 1. The fourth-order valence-electron chi connectivity index (χ4n) is 3.48. The van der Waals surface area contributed by atoms with Crippen molar-refractivity contribution < 1.29 is 4.74 Å². The van der Waals surface area contributed by atoms with Crippen LogP contribution in [0.15, 0.2) is 30.6 Å². The molecule has 1 aliphatic rings. The summed E-state index contributed by atoms with van der Waals surface area (Å²) in [7, 11) is 2.14. The van der Waals surface area contributed by atoms with E-state index in [0.717, 1.165) is 56.0 Å². The summed E-state index contributed by atoms with van der Waals surface area (Å²) < 4.78 is 6.27. The fourth-order valence-corrected chi connectivity index (χ4v) is 3.48. The zero-order valence-electron chi connectivity index (χ0n) is 15.5. The van der Waals surface area contributed by atoms with Crippen LogP contribution in [-0.4, -0.2) is 45.7 Å². The van der Waals surface area contributed by atoms with Crippen molar-refractivity contribution in [3.05, 3.63) is 53.4 Å². The summed E-state index contributed by atoms with van der Waals surface area (Å²) in [5.74, 6) is 0.931. The van der Waals surface area contributed by atoms with Gasteiger partial charge in [-0.25, -0.2) is 9.97 Å². The molecule has 2 aromatic heterocycles. The van der Waals surface area contributed by atoms with E-state index < -0.39 is 0 Å². The Balaban J connectivity index is 1.49. The van der Waals surface area contributed by atoms with Gasteiger partial charge in [-0.15, -0.1) is 0 Å². The van der Waals surface area contributed by atoms with E-state index in [0.29, 0.717) is 6.10 Å². The van der Waals surface area contributed by atoms with E-state index in [1.165, 1.54) is 5.56 Å². The Hall–Kier alpha value is -1.85. The summed E-state index contributed by atoms with van der Waals surface area (Å²) >= 11 is 0. The predicted molar refractivity (Wildman–Crippen MR) is 98.3 cm³/mol. The van der Waals surface area contributed by atoms with Crippen molar-refractivity contribution in [2.75, 3.05) is 13.6 Å². The predicted octanol–water partition coefficient (Wildman–Crippen LogP) is 2.96. The largest absolute Gasteiger partial charge is 0.373 e. The summed E-state index contributed by atoms with van der Waals surface area (Å²) in [4.78, 5) is 15.6. The SMILES string of the molecule is CCc1nc(C)cc(C[C@@H]2CC[C@H](CN(C)Cc3cccnc3)O2)n1. The topological polar surface area (TPSA) is 51.1 Å². The third kappa shape index (κ3) is 5.31. The van der Waals surface area contributed by atoms with Crippen LogP contribution in [0.25, 0.3) is 0 Å². The highest BCUT2D eigenvalue weighted by atomic mass is 16.5. The molecule has 2 aromatic rings. The van der Waals surface area contributed by atoms with Gasteiger partial charge in [-0.2, -0.15) is 0 Å². The zero-order chi connectivity index (χ0) is 17.6. The number of aryl methyl sites for hydroxylation is 2. The summed E-state index contributed by atoms with van der Waals surface area (Å²) in [6.07, 6.45) is 8.31. The summed E-state index contributed by atoms with van der Waals surface area (Å²) in [6, 6.07) is 6.19. The van der Waals surface area contributed by atoms with Gasteiger partial charge in [0, 0.05) is 49.7 Å². The van der Waals surface area contributed by atoms with Crippen molar-refractivity contribution in [2.24, 2.45) is 0 Å². The Morgan fingerprint density at radius 2 is 2.08 bits per heavy atom. The Morgan fingerprint density at radius 1 is 1.24 bits per heavy atom. The van der Waals surface area contributed by atoms with Crippen molar-refractivity contribution in [1.29, 1.82) is 0 Å². The van der Waals surface area contributed by atoms with E-state index >= 15 is 0 Å². The van der Waals surface area contributed by atoms with E-state index in [1.807, 2.05) is 25.4 Å². The lowest BCUT2D eigenvalue weighted by Crippen LogP contribution is -2.29. The Bertz CT molecular complexity index is 677. The first kappa shape index (κ1) is 18.0. The van der Waals surface area contributed by atoms with E-state index in [1.54, 1.807) is 0 Å². The van der Waals surface area contributed by atoms with Gasteiger partial charge in [-0.1, -0.05) is 13.0 Å². The molecular weight excluding hydrogens is 312 g/mol. The minimum absolute atomic E-state index is 0.274. The third-order valence-corrected chi connectivity index (χ3v) is 4.59. The number of pyridine rings is 1. The number of aromatic nitrogens is 3. The molecule has 2 atom stereocenters. The highest BCUT2D eigenvalue weighted by molar-refractivity contribution is 5.11. The molecule has 1 saturated heterocycles. The molecule has 0 amide bonds. The van der Waals surface area contributed by atoms with Gasteiger partial charge in [0.2, 0.25) is 0 Å². The van der Waals surface area contributed by atoms with Crippen LogP contribution in [0.1, 0.15) is 42.5 Å². The van der Waals surface area contributed by atoms with Crippen molar-refractivity contribution in [2.45, 2.75) is 58.3 Å². The molecule has 5 heteroatoms. The molecule has 3 heterocycles. The first-order valence-corrected chi connectivity index (χ1v) is 9.18. The smallest absolute Gasteiger partial charge is 0.128 e. The van der Waals surface area contributed by atoms with E-state index in [9.17, 15) is 0 Å². The zero-order valence-corrected chi connectivity index (χ0v) is 15.5. The standard InChI is InChI=1S/C20H28N4O/c1-4-20-22-15(2)10-17(23-20)11-18-7-8-19(25-18)14-24(3)13-16-6-5-9-21-12-16/h5-6,9-10,12,18-19H,4,7-8,11,13-14H2,1-3H3/t18-,19+/m0/s1. The van der Waals surface area contributed by atoms with E-state index in [4.69, 9.17) is 4.74 Å². The second kappa shape index (κ2) is 8.50. The molecule has 3 rings (SSSR count). The second-order valence-corrected chi connectivity index (χ2v) is 6.99. The molecular formula is C20H28N4O. The van der Waals surface area contributed by atoms with Crippen LogP contribution in [0.5, 0.6) is 0 Å². The molecule has 0 aliphatic carbocycles. The molecule has 0 unspecified atom stereocenters. The lowest BCUT2D eigenvalue weighted by Gasteiger charge is -2.21. The van der Waals surface area contributed by atoms with Gasteiger partial charge in [0.25, 0.3) is 0 Å². The number of rotatable bonds is 7. The molecule has 25 heavy (non-hydrogen) atoms. The molecule has 134 valence electrons. The lowest BCUT2D eigenvalue weighted by atomic mass is 10.1. The average Bonchev–Trinajstić information content (AvgIpc) is 3.01. The molecule has 0 saturated carbocycles. The molecule has 0 N–H and O–H groups in total. The van der Waals surface area contributed by atoms with Gasteiger partial charge in [0.1, 0.15) is 5.82 Å². The highest BCUT2D eigenvalue weighted by Gasteiger charge is 2.26. The third-order valence-electron chi connectivity index (χ3n) is 4.59. The Kier molecular flexibility index (Phi) is 6.10. The van der Waals surface area contributed by atoms with Crippen molar-refractivity contribution >= 4 is 0 Å². The molecule has 1 aliphatic heterocycles. The molecule has 5 nitrogen and oxygen atoms in total. The van der Waals surface area contributed by atoms with E-state index in [2.05, 4.69) is 46.0 Å². The molecule has 0 radical (unpaired) electrons. The highest BCUT2D eigenvalue weighted by Crippen LogP contribution is 2.23. The molecule has 0 aromatic carbocycles. The van der Waals surface area contributed by atoms with Gasteiger partial charge in [0.05, 0.1) is 12.2 Å². The van der Waals surface area contributed by atoms with Crippen molar-refractivity contribution in [1.82, 2.24) is 19.9 Å². The summed E-state index contributed by atoms with van der Waals surface area (Å²) in [5.41, 5.74) is 3.40. The lowest BCUT2D eigenvalue weighted by molar-refractivity contribution is 0.0262. The molecule has 0 spiro atoms. The summed E-state index contributed by atoms with van der Waals surface area (Å²) in [5, 5.41) is 0.